The van der Waals surface area contributed by atoms with E-state index in [4.69, 9.17) is 5.41 Å². The van der Waals surface area contributed by atoms with Crippen molar-refractivity contribution in [1.82, 2.24) is 4.90 Å². The first-order chi connectivity index (χ1) is 7.20. The lowest BCUT2D eigenvalue weighted by Gasteiger charge is -2.13. The molecule has 4 heteroatoms. The molecule has 1 aromatic carbocycles. The maximum atomic E-state index is 9.39. The topological polar surface area (TPSA) is 47.3 Å². The summed E-state index contributed by atoms with van der Waals surface area (Å²) in [6, 6.07) is 7.31. The molecular formula is C11H14N2OS. The van der Waals surface area contributed by atoms with Crippen molar-refractivity contribution in [3.63, 3.8) is 0 Å². The molecule has 0 radical (unpaired) electrons. The van der Waals surface area contributed by atoms with E-state index in [9.17, 15) is 5.11 Å². The molecule has 1 aliphatic heterocycles. The second kappa shape index (κ2) is 4.14. The van der Waals surface area contributed by atoms with Crippen molar-refractivity contribution in [2.45, 2.75) is 12.2 Å². The van der Waals surface area contributed by atoms with E-state index in [1.807, 2.05) is 17.0 Å². The van der Waals surface area contributed by atoms with Crippen LogP contribution in [0.2, 0.25) is 0 Å². The van der Waals surface area contributed by atoms with Crippen LogP contribution in [0.5, 0.6) is 5.75 Å². The Morgan fingerprint density at radius 2 is 2.40 bits per heavy atom. The molecule has 1 fully saturated rings. The molecule has 0 spiro atoms. The minimum absolute atomic E-state index is 0.282. The van der Waals surface area contributed by atoms with Crippen LogP contribution in [-0.2, 0) is 0 Å². The highest BCUT2D eigenvalue weighted by molar-refractivity contribution is 8.14. The standard InChI is InChI=1S/C11H14N2OS/c1-2-13-7-10(15-11(13)12)8-4-3-5-9(14)6-8/h3-6,10,12,14H,2,7H2,1H3. The number of hydrogen-bond acceptors (Lipinski definition) is 3. The Labute approximate surface area is 93.6 Å². The highest BCUT2D eigenvalue weighted by atomic mass is 32.2. The van der Waals surface area contributed by atoms with Crippen LogP contribution in [0.1, 0.15) is 17.7 Å². The quantitative estimate of drug-likeness (QED) is 0.808. The number of phenolic OH excluding ortho intramolecular Hbond substituents is 1. The summed E-state index contributed by atoms with van der Waals surface area (Å²) in [5, 5.41) is 18.1. The molecule has 1 heterocycles. The van der Waals surface area contributed by atoms with E-state index < -0.39 is 0 Å². The highest BCUT2D eigenvalue weighted by Crippen LogP contribution is 2.38. The fourth-order valence-electron chi connectivity index (χ4n) is 1.70. The predicted octanol–water partition coefficient (Wildman–Crippen LogP) is 2.44. The van der Waals surface area contributed by atoms with Gasteiger partial charge in [0.25, 0.3) is 0 Å². The van der Waals surface area contributed by atoms with Gasteiger partial charge in [-0.3, -0.25) is 5.41 Å². The third kappa shape index (κ3) is 2.09. The van der Waals surface area contributed by atoms with Crippen LogP contribution in [0.25, 0.3) is 0 Å². The van der Waals surface area contributed by atoms with E-state index in [2.05, 4.69) is 6.92 Å². The second-order valence-electron chi connectivity index (χ2n) is 3.55. The Hall–Kier alpha value is -1.16. The zero-order valence-corrected chi connectivity index (χ0v) is 9.42. The molecule has 2 rings (SSSR count). The molecule has 1 unspecified atom stereocenters. The highest BCUT2D eigenvalue weighted by Gasteiger charge is 2.27. The number of hydrogen-bond donors (Lipinski definition) is 2. The Morgan fingerprint density at radius 1 is 1.60 bits per heavy atom. The van der Waals surface area contributed by atoms with Crippen molar-refractivity contribution in [2.75, 3.05) is 13.1 Å². The minimum Gasteiger partial charge on any atom is -0.508 e. The van der Waals surface area contributed by atoms with Gasteiger partial charge < -0.3 is 10.0 Å². The molecule has 1 saturated heterocycles. The number of nitrogens with zero attached hydrogens (tertiary/aromatic N) is 1. The molecule has 80 valence electrons. The smallest absolute Gasteiger partial charge is 0.157 e. The summed E-state index contributed by atoms with van der Waals surface area (Å²) in [6.07, 6.45) is 0. The molecule has 15 heavy (non-hydrogen) atoms. The molecule has 1 aromatic rings. The normalized spacial score (nSPS) is 21.0. The average Bonchev–Trinajstić information content (AvgIpc) is 2.60. The van der Waals surface area contributed by atoms with Crippen molar-refractivity contribution in [3.8, 4) is 5.75 Å². The van der Waals surface area contributed by atoms with Gasteiger partial charge in [0, 0.05) is 13.1 Å². The lowest BCUT2D eigenvalue weighted by atomic mass is 10.1. The van der Waals surface area contributed by atoms with Crippen molar-refractivity contribution >= 4 is 16.9 Å². The van der Waals surface area contributed by atoms with E-state index in [-0.39, 0.29) is 5.25 Å². The molecular weight excluding hydrogens is 208 g/mol. The van der Waals surface area contributed by atoms with Crippen LogP contribution in [0, 0.1) is 5.41 Å². The van der Waals surface area contributed by atoms with Crippen molar-refractivity contribution in [3.05, 3.63) is 29.8 Å². The summed E-state index contributed by atoms with van der Waals surface area (Å²) >= 11 is 1.56. The second-order valence-corrected chi connectivity index (χ2v) is 4.74. The fraction of sp³-hybridized carbons (Fsp3) is 0.364. The van der Waals surface area contributed by atoms with Crippen molar-refractivity contribution in [1.29, 1.82) is 5.41 Å². The van der Waals surface area contributed by atoms with Gasteiger partial charge in [0.15, 0.2) is 5.17 Å². The van der Waals surface area contributed by atoms with Crippen LogP contribution < -0.4 is 0 Å². The Morgan fingerprint density at radius 3 is 3.00 bits per heavy atom. The molecule has 1 atom stereocenters. The van der Waals surface area contributed by atoms with E-state index in [1.165, 1.54) is 0 Å². The van der Waals surface area contributed by atoms with Gasteiger partial charge in [-0.1, -0.05) is 23.9 Å². The van der Waals surface area contributed by atoms with Gasteiger partial charge in [0.1, 0.15) is 5.75 Å². The summed E-state index contributed by atoms with van der Waals surface area (Å²) in [7, 11) is 0. The predicted molar refractivity (Wildman–Crippen MR) is 63.4 cm³/mol. The maximum absolute atomic E-state index is 9.39. The summed E-state index contributed by atoms with van der Waals surface area (Å²) in [6.45, 7) is 3.80. The Balaban J connectivity index is 2.17. The largest absolute Gasteiger partial charge is 0.508 e. The van der Waals surface area contributed by atoms with Gasteiger partial charge in [0.05, 0.1) is 5.25 Å². The van der Waals surface area contributed by atoms with Gasteiger partial charge in [0.2, 0.25) is 0 Å². The molecule has 1 aliphatic rings. The molecule has 0 aromatic heterocycles. The number of phenols is 1. The van der Waals surface area contributed by atoms with Gasteiger partial charge >= 0.3 is 0 Å². The first-order valence-corrected chi connectivity index (χ1v) is 5.87. The summed E-state index contributed by atoms with van der Waals surface area (Å²) in [5.74, 6) is 0.301. The third-order valence-electron chi connectivity index (χ3n) is 2.55. The maximum Gasteiger partial charge on any atom is 0.157 e. The Bertz CT molecular complexity index is 381. The monoisotopic (exact) mass is 222 g/mol. The van der Waals surface area contributed by atoms with Crippen LogP contribution in [0.15, 0.2) is 24.3 Å². The fourth-order valence-corrected chi connectivity index (χ4v) is 2.86. The van der Waals surface area contributed by atoms with E-state index >= 15 is 0 Å². The number of amidine groups is 1. The molecule has 0 amide bonds. The van der Waals surface area contributed by atoms with Gasteiger partial charge in [-0.2, -0.15) is 0 Å². The zero-order valence-electron chi connectivity index (χ0n) is 8.60. The number of benzene rings is 1. The van der Waals surface area contributed by atoms with Crippen LogP contribution in [0.3, 0.4) is 0 Å². The van der Waals surface area contributed by atoms with E-state index in [1.54, 1.807) is 23.9 Å². The van der Waals surface area contributed by atoms with E-state index in [0.29, 0.717) is 10.9 Å². The molecule has 0 bridgehead atoms. The molecule has 3 nitrogen and oxygen atoms in total. The molecule has 0 aliphatic carbocycles. The van der Waals surface area contributed by atoms with Gasteiger partial charge in [-0.15, -0.1) is 0 Å². The first-order valence-electron chi connectivity index (χ1n) is 4.99. The third-order valence-corrected chi connectivity index (χ3v) is 3.74. The molecule has 0 saturated carbocycles. The summed E-state index contributed by atoms with van der Waals surface area (Å²) < 4.78 is 0. The van der Waals surface area contributed by atoms with Crippen LogP contribution >= 0.6 is 11.8 Å². The summed E-state index contributed by atoms with van der Waals surface area (Å²) in [4.78, 5) is 2.04. The van der Waals surface area contributed by atoms with Crippen LogP contribution in [0.4, 0.5) is 0 Å². The SMILES string of the molecule is CCN1CC(c2cccc(O)c2)SC1=N. The van der Waals surface area contributed by atoms with Crippen molar-refractivity contribution < 1.29 is 5.11 Å². The number of nitrogens with one attached hydrogen (secondary N) is 1. The van der Waals surface area contributed by atoms with Gasteiger partial charge in [-0.25, -0.2) is 0 Å². The average molecular weight is 222 g/mol. The number of likely N-dealkylation sites (N-methyl/N-ethyl adjacent to an activating group) is 1. The number of aromatic hydroxyl groups is 1. The Kier molecular flexibility index (Phi) is 2.86. The van der Waals surface area contributed by atoms with E-state index in [0.717, 1.165) is 18.7 Å². The summed E-state index contributed by atoms with van der Waals surface area (Å²) in [5.41, 5.74) is 1.10. The number of rotatable bonds is 2. The number of thioether (sulfide) groups is 1. The first kappa shape index (κ1) is 10.4. The minimum atomic E-state index is 0.282. The van der Waals surface area contributed by atoms with Crippen molar-refractivity contribution in [2.24, 2.45) is 0 Å². The molecule has 2 N–H and O–H groups in total. The lowest BCUT2D eigenvalue weighted by Crippen LogP contribution is -2.23. The van der Waals surface area contributed by atoms with Crippen LogP contribution in [-0.4, -0.2) is 28.3 Å². The zero-order chi connectivity index (χ0) is 10.8. The van der Waals surface area contributed by atoms with Gasteiger partial charge in [-0.05, 0) is 24.6 Å². The lowest BCUT2D eigenvalue weighted by molar-refractivity contribution is 0.457.